The lowest BCUT2D eigenvalue weighted by molar-refractivity contribution is -0.154. The average molecular weight is 452 g/mol. The molecule has 166 valence electrons. The number of carbonyl (C=O) groups is 3. The summed E-state index contributed by atoms with van der Waals surface area (Å²) in [4.78, 5) is 39.9. The van der Waals surface area contributed by atoms with Gasteiger partial charge in [-0.05, 0) is 44.2 Å². The lowest BCUT2D eigenvalue weighted by Gasteiger charge is -2.18. The van der Waals surface area contributed by atoms with Crippen molar-refractivity contribution in [2.75, 3.05) is 12.4 Å². The van der Waals surface area contributed by atoms with Crippen molar-refractivity contribution in [3.8, 4) is 5.75 Å². The molecule has 0 spiro atoms. The van der Waals surface area contributed by atoms with E-state index in [9.17, 15) is 14.4 Å². The Balaban J connectivity index is 1.67. The Hall–Kier alpha value is -3.45. The highest BCUT2D eigenvalue weighted by Crippen LogP contribution is 2.24. The lowest BCUT2D eigenvalue weighted by atomic mass is 10.1. The van der Waals surface area contributed by atoms with E-state index in [4.69, 9.17) is 9.47 Å². The predicted octanol–water partition coefficient (Wildman–Crippen LogP) is 5.26. The van der Waals surface area contributed by atoms with Crippen molar-refractivity contribution in [3.05, 3.63) is 81.5 Å². The number of nitrogens with one attached hydrogen (secondary N) is 1. The number of thiophene rings is 1. The van der Waals surface area contributed by atoms with E-state index >= 15 is 0 Å². The number of methoxy groups -OCH3 is 1. The smallest absolute Gasteiger partial charge is 0.307 e. The summed E-state index contributed by atoms with van der Waals surface area (Å²) in [7, 11) is 1.56. The molecule has 0 fully saturated rings. The third-order valence-corrected chi connectivity index (χ3v) is 5.81. The summed E-state index contributed by atoms with van der Waals surface area (Å²) in [6.45, 7) is 3.83. The fourth-order valence-corrected chi connectivity index (χ4v) is 4.17. The molecule has 3 rings (SSSR count). The monoisotopic (exact) mass is 451 g/mol. The van der Waals surface area contributed by atoms with E-state index in [1.165, 1.54) is 0 Å². The second-order valence-electron chi connectivity index (χ2n) is 7.25. The number of ketones is 1. The Morgan fingerprint density at radius 3 is 2.25 bits per heavy atom. The number of carbonyl (C=O) groups excluding carboxylic acids is 3. The molecule has 2 aromatic carbocycles. The molecule has 0 aliphatic carbocycles. The van der Waals surface area contributed by atoms with Crippen LogP contribution in [0.3, 0.4) is 0 Å². The molecule has 0 saturated carbocycles. The Labute approximate surface area is 191 Å². The largest absolute Gasteiger partial charge is 0.497 e. The summed E-state index contributed by atoms with van der Waals surface area (Å²) >= 11 is 1.55. The highest BCUT2D eigenvalue weighted by Gasteiger charge is 2.25. The molecule has 0 unspecified atom stereocenters. The summed E-state index contributed by atoms with van der Waals surface area (Å²) in [5.41, 5.74) is 1.73. The molecule has 1 amide bonds. The number of hydrogen-bond acceptors (Lipinski definition) is 6. The molecule has 0 aliphatic rings. The summed E-state index contributed by atoms with van der Waals surface area (Å²) in [5.74, 6) is -0.537. The van der Waals surface area contributed by atoms with E-state index in [2.05, 4.69) is 5.32 Å². The van der Waals surface area contributed by atoms with Crippen molar-refractivity contribution in [1.82, 2.24) is 0 Å². The van der Waals surface area contributed by atoms with Crippen LogP contribution >= 0.6 is 11.3 Å². The van der Waals surface area contributed by atoms with Gasteiger partial charge in [-0.2, -0.15) is 0 Å². The van der Waals surface area contributed by atoms with Crippen LogP contribution in [0, 0.1) is 13.8 Å². The average Bonchev–Trinajstić information content (AvgIpc) is 3.14. The zero-order chi connectivity index (χ0) is 23.1. The third kappa shape index (κ3) is 6.04. The van der Waals surface area contributed by atoms with Crippen molar-refractivity contribution in [3.63, 3.8) is 0 Å². The van der Waals surface area contributed by atoms with Crippen molar-refractivity contribution < 1.29 is 23.9 Å². The van der Waals surface area contributed by atoms with E-state index in [0.717, 1.165) is 9.75 Å². The molecular formula is C25H25NO5S. The topological polar surface area (TPSA) is 81.7 Å². The number of anilines is 1. The van der Waals surface area contributed by atoms with Crippen LogP contribution in [0.2, 0.25) is 0 Å². The minimum Gasteiger partial charge on any atom is -0.497 e. The number of Topliss-reactive ketones (excluding diaryl/α,β-unsaturated/α-hetero) is 1. The van der Waals surface area contributed by atoms with E-state index < -0.39 is 18.0 Å². The second kappa shape index (κ2) is 10.7. The van der Waals surface area contributed by atoms with Gasteiger partial charge in [0.05, 0.1) is 13.5 Å². The van der Waals surface area contributed by atoms with Gasteiger partial charge in [-0.25, -0.2) is 0 Å². The highest BCUT2D eigenvalue weighted by atomic mass is 32.1. The standard InChI is InChI=1S/C25H25NO5S/c1-16-15-21(17(2)32-16)22(27)13-14-23(28)31-24(18-7-5-4-6-8-18)25(29)26-19-9-11-20(30-3)12-10-19/h4-12,15,24H,13-14H2,1-3H3,(H,26,29)/t24-/m1/s1. The Morgan fingerprint density at radius 2 is 1.66 bits per heavy atom. The molecule has 6 nitrogen and oxygen atoms in total. The maximum Gasteiger partial charge on any atom is 0.307 e. The van der Waals surface area contributed by atoms with Crippen LogP contribution in [0.15, 0.2) is 60.7 Å². The van der Waals surface area contributed by atoms with E-state index in [-0.39, 0.29) is 18.6 Å². The molecule has 0 radical (unpaired) electrons. The SMILES string of the molecule is COc1ccc(NC(=O)[C@H](OC(=O)CCC(=O)c2cc(C)sc2C)c2ccccc2)cc1. The zero-order valence-electron chi connectivity index (χ0n) is 18.2. The molecule has 1 heterocycles. The number of benzene rings is 2. The highest BCUT2D eigenvalue weighted by molar-refractivity contribution is 7.12. The molecule has 0 bridgehead atoms. The van der Waals surface area contributed by atoms with Crippen LogP contribution < -0.4 is 10.1 Å². The normalized spacial score (nSPS) is 11.5. The molecule has 1 aromatic heterocycles. The fraction of sp³-hybridized carbons (Fsp3) is 0.240. The van der Waals surface area contributed by atoms with Crippen LogP contribution in [0.25, 0.3) is 0 Å². The molecule has 1 atom stereocenters. The number of amides is 1. The first-order chi connectivity index (χ1) is 15.4. The van der Waals surface area contributed by atoms with E-state index in [0.29, 0.717) is 22.6 Å². The zero-order valence-corrected chi connectivity index (χ0v) is 19.0. The first-order valence-corrected chi connectivity index (χ1v) is 11.0. The van der Waals surface area contributed by atoms with Crippen LogP contribution in [0.5, 0.6) is 5.75 Å². The lowest BCUT2D eigenvalue weighted by Crippen LogP contribution is -2.26. The molecule has 1 N–H and O–H groups in total. The van der Waals surface area contributed by atoms with E-state index in [1.54, 1.807) is 67.0 Å². The second-order valence-corrected chi connectivity index (χ2v) is 8.71. The van der Waals surface area contributed by atoms with Crippen molar-refractivity contribution in [2.24, 2.45) is 0 Å². The third-order valence-electron chi connectivity index (χ3n) is 4.84. The van der Waals surface area contributed by atoms with Gasteiger partial charge in [0.25, 0.3) is 5.91 Å². The molecule has 0 saturated heterocycles. The van der Waals surface area contributed by atoms with Gasteiger partial charge < -0.3 is 14.8 Å². The van der Waals surface area contributed by atoms with Crippen LogP contribution in [-0.2, 0) is 14.3 Å². The van der Waals surface area contributed by atoms with Gasteiger partial charge >= 0.3 is 5.97 Å². The number of hydrogen-bond donors (Lipinski definition) is 1. The minimum atomic E-state index is -1.13. The van der Waals surface area contributed by atoms with Crippen molar-refractivity contribution in [1.29, 1.82) is 0 Å². The van der Waals surface area contributed by atoms with Gasteiger partial charge in [-0.3, -0.25) is 14.4 Å². The molecule has 0 aliphatic heterocycles. The Bertz CT molecular complexity index is 1090. The van der Waals surface area contributed by atoms with Gasteiger partial charge in [-0.1, -0.05) is 30.3 Å². The van der Waals surface area contributed by atoms with Crippen LogP contribution in [0.1, 0.15) is 44.6 Å². The van der Waals surface area contributed by atoms with Crippen molar-refractivity contribution >= 4 is 34.7 Å². The predicted molar refractivity (Wildman–Crippen MR) is 124 cm³/mol. The van der Waals surface area contributed by atoms with Gasteiger partial charge in [0.1, 0.15) is 5.75 Å². The Morgan fingerprint density at radius 1 is 0.969 bits per heavy atom. The number of aryl methyl sites for hydroxylation is 2. The van der Waals surface area contributed by atoms with Gasteiger partial charge in [0.2, 0.25) is 6.10 Å². The number of esters is 1. The first kappa shape index (κ1) is 23.2. The summed E-state index contributed by atoms with van der Waals surface area (Å²) in [6.07, 6.45) is -1.21. The van der Waals surface area contributed by atoms with Gasteiger partial charge in [-0.15, -0.1) is 11.3 Å². The van der Waals surface area contributed by atoms with Gasteiger partial charge in [0, 0.05) is 33.0 Å². The Kier molecular flexibility index (Phi) is 7.78. The van der Waals surface area contributed by atoms with Crippen molar-refractivity contribution in [2.45, 2.75) is 32.8 Å². The maximum absolute atomic E-state index is 12.9. The van der Waals surface area contributed by atoms with Crippen LogP contribution in [-0.4, -0.2) is 24.8 Å². The molecule has 3 aromatic rings. The maximum atomic E-state index is 12.9. The molecule has 32 heavy (non-hydrogen) atoms. The number of rotatable bonds is 9. The number of ether oxygens (including phenoxy) is 2. The van der Waals surface area contributed by atoms with Gasteiger partial charge in [0.15, 0.2) is 5.78 Å². The summed E-state index contributed by atoms with van der Waals surface area (Å²) in [5, 5.41) is 2.76. The molecular weight excluding hydrogens is 426 g/mol. The summed E-state index contributed by atoms with van der Waals surface area (Å²) < 4.78 is 10.6. The molecule has 7 heteroatoms. The first-order valence-electron chi connectivity index (χ1n) is 10.2. The minimum absolute atomic E-state index is 0.0253. The van der Waals surface area contributed by atoms with Crippen LogP contribution in [0.4, 0.5) is 5.69 Å². The quantitative estimate of drug-likeness (QED) is 0.354. The fourth-order valence-electron chi connectivity index (χ4n) is 3.23. The summed E-state index contributed by atoms with van der Waals surface area (Å²) in [6, 6.07) is 17.5. The van der Waals surface area contributed by atoms with E-state index in [1.807, 2.05) is 26.0 Å².